The molecule has 0 spiro atoms. The molecule has 0 fully saturated rings. The largest absolute Gasteiger partial charge is 0.359 e. The second kappa shape index (κ2) is 3.33. The molecule has 1 aromatic rings. The van der Waals surface area contributed by atoms with Gasteiger partial charge in [0.05, 0.1) is 0 Å². The van der Waals surface area contributed by atoms with E-state index in [1.807, 2.05) is 6.92 Å². The Bertz CT molecular complexity index is 402. The highest BCUT2D eigenvalue weighted by Crippen LogP contribution is 2.28. The number of allylic oxidation sites excluding steroid dienone is 2. The predicted molar refractivity (Wildman–Crippen MR) is 62.2 cm³/mol. The molecule has 0 atom stereocenters. The summed E-state index contributed by atoms with van der Waals surface area (Å²) in [4.78, 5) is 0. The van der Waals surface area contributed by atoms with Crippen LogP contribution in [0, 0.1) is 0 Å². The summed E-state index contributed by atoms with van der Waals surface area (Å²) in [6, 6.07) is 6.44. The minimum absolute atomic E-state index is 1.03. The summed E-state index contributed by atoms with van der Waals surface area (Å²) in [7, 11) is 0. The first-order valence-electron chi connectivity index (χ1n) is 4.90. The van der Waals surface area contributed by atoms with Crippen LogP contribution >= 0.6 is 0 Å². The topological polar surface area (TPSA) is 12.0 Å². The molecule has 72 valence electrons. The lowest BCUT2D eigenvalue weighted by molar-refractivity contribution is 0.918. The van der Waals surface area contributed by atoms with Gasteiger partial charge in [0.15, 0.2) is 0 Å². The molecule has 1 aliphatic heterocycles. The average molecular weight is 185 g/mol. The van der Waals surface area contributed by atoms with Gasteiger partial charge in [-0.15, -0.1) is 0 Å². The van der Waals surface area contributed by atoms with Gasteiger partial charge in [-0.2, -0.15) is 0 Å². The highest BCUT2D eigenvalue weighted by atomic mass is 14.9. The number of nitrogens with one attached hydrogen (secondary N) is 1. The predicted octanol–water partition coefficient (Wildman–Crippen LogP) is 3.59. The molecular formula is C13H15N. The molecule has 0 radical (unpaired) electrons. The molecule has 0 aromatic heterocycles. The Kier molecular flexibility index (Phi) is 2.16. The van der Waals surface area contributed by atoms with Crippen LogP contribution in [-0.4, -0.2) is 0 Å². The SMILES string of the molecule is C=C1CCc2cc(C(=C)C)ccc2N1. The summed E-state index contributed by atoms with van der Waals surface area (Å²) in [5.74, 6) is 0. The Morgan fingerprint density at radius 1 is 1.36 bits per heavy atom. The Morgan fingerprint density at radius 3 is 2.86 bits per heavy atom. The second-order valence-corrected chi connectivity index (χ2v) is 3.88. The van der Waals surface area contributed by atoms with Crippen molar-refractivity contribution in [1.29, 1.82) is 0 Å². The van der Waals surface area contributed by atoms with Gasteiger partial charge >= 0.3 is 0 Å². The number of hydrogen-bond donors (Lipinski definition) is 1. The summed E-state index contributed by atoms with van der Waals surface area (Å²) in [6.07, 6.45) is 2.12. The average Bonchev–Trinajstić information content (AvgIpc) is 2.16. The molecule has 0 bridgehead atoms. The van der Waals surface area contributed by atoms with Crippen molar-refractivity contribution >= 4 is 11.3 Å². The third-order valence-electron chi connectivity index (χ3n) is 2.61. The number of benzene rings is 1. The van der Waals surface area contributed by atoms with Crippen LogP contribution in [0.5, 0.6) is 0 Å². The van der Waals surface area contributed by atoms with Crippen molar-refractivity contribution in [2.75, 3.05) is 5.32 Å². The fourth-order valence-corrected chi connectivity index (χ4v) is 1.73. The van der Waals surface area contributed by atoms with E-state index in [1.165, 1.54) is 16.8 Å². The smallest absolute Gasteiger partial charge is 0.0414 e. The minimum Gasteiger partial charge on any atom is -0.359 e. The van der Waals surface area contributed by atoms with E-state index in [0.29, 0.717) is 0 Å². The Hall–Kier alpha value is -1.50. The fraction of sp³-hybridized carbons (Fsp3) is 0.231. The summed E-state index contributed by atoms with van der Waals surface area (Å²) in [5, 5.41) is 3.30. The first-order valence-corrected chi connectivity index (χ1v) is 4.90. The van der Waals surface area contributed by atoms with Crippen molar-refractivity contribution in [3.8, 4) is 0 Å². The standard InChI is InChI=1S/C13H15N/c1-9(2)11-6-7-13-12(8-11)5-4-10(3)14-13/h6-8,14H,1,3-5H2,2H3. The van der Waals surface area contributed by atoms with Gasteiger partial charge in [0, 0.05) is 11.4 Å². The van der Waals surface area contributed by atoms with Gasteiger partial charge in [0.2, 0.25) is 0 Å². The van der Waals surface area contributed by atoms with E-state index in [-0.39, 0.29) is 0 Å². The summed E-state index contributed by atoms with van der Waals surface area (Å²) in [6.45, 7) is 9.93. The van der Waals surface area contributed by atoms with Crippen molar-refractivity contribution in [2.24, 2.45) is 0 Å². The highest BCUT2D eigenvalue weighted by Gasteiger charge is 2.10. The zero-order valence-corrected chi connectivity index (χ0v) is 8.56. The molecule has 0 unspecified atom stereocenters. The monoisotopic (exact) mass is 185 g/mol. The molecule has 1 aromatic carbocycles. The maximum Gasteiger partial charge on any atom is 0.0414 e. The second-order valence-electron chi connectivity index (χ2n) is 3.88. The van der Waals surface area contributed by atoms with Crippen molar-refractivity contribution < 1.29 is 0 Å². The van der Waals surface area contributed by atoms with Gasteiger partial charge in [-0.3, -0.25) is 0 Å². The third-order valence-corrected chi connectivity index (χ3v) is 2.61. The van der Waals surface area contributed by atoms with Gasteiger partial charge < -0.3 is 5.32 Å². The van der Waals surface area contributed by atoms with Crippen molar-refractivity contribution in [3.63, 3.8) is 0 Å². The highest BCUT2D eigenvalue weighted by molar-refractivity contribution is 5.67. The van der Waals surface area contributed by atoms with Gasteiger partial charge in [-0.1, -0.05) is 24.8 Å². The van der Waals surface area contributed by atoms with E-state index >= 15 is 0 Å². The lowest BCUT2D eigenvalue weighted by atomic mass is 9.97. The Morgan fingerprint density at radius 2 is 2.14 bits per heavy atom. The summed E-state index contributed by atoms with van der Waals surface area (Å²) < 4.78 is 0. The zero-order valence-electron chi connectivity index (χ0n) is 8.56. The first-order chi connectivity index (χ1) is 6.66. The molecule has 1 heterocycles. The fourth-order valence-electron chi connectivity index (χ4n) is 1.73. The van der Waals surface area contributed by atoms with Crippen LogP contribution in [0.4, 0.5) is 5.69 Å². The summed E-state index contributed by atoms with van der Waals surface area (Å²) >= 11 is 0. The Labute approximate surface area is 85.2 Å². The van der Waals surface area contributed by atoms with Gasteiger partial charge in [0.25, 0.3) is 0 Å². The van der Waals surface area contributed by atoms with E-state index in [2.05, 4.69) is 36.7 Å². The minimum atomic E-state index is 1.03. The lowest BCUT2D eigenvalue weighted by Crippen LogP contribution is -2.09. The molecule has 1 N–H and O–H groups in total. The van der Waals surface area contributed by atoms with E-state index in [4.69, 9.17) is 0 Å². The van der Waals surface area contributed by atoms with E-state index < -0.39 is 0 Å². The summed E-state index contributed by atoms with van der Waals surface area (Å²) in [5.41, 5.74) is 6.04. The number of fused-ring (bicyclic) bond motifs is 1. The van der Waals surface area contributed by atoms with Crippen molar-refractivity contribution in [2.45, 2.75) is 19.8 Å². The van der Waals surface area contributed by atoms with Crippen LogP contribution in [0.1, 0.15) is 24.5 Å². The maximum absolute atomic E-state index is 3.95. The lowest BCUT2D eigenvalue weighted by Gasteiger charge is -2.20. The van der Waals surface area contributed by atoms with Gasteiger partial charge in [0.1, 0.15) is 0 Å². The molecule has 0 amide bonds. The van der Waals surface area contributed by atoms with E-state index in [0.717, 1.165) is 24.1 Å². The maximum atomic E-state index is 3.95. The third kappa shape index (κ3) is 1.58. The molecule has 0 saturated heterocycles. The number of rotatable bonds is 1. The molecular weight excluding hydrogens is 170 g/mol. The molecule has 2 rings (SSSR count). The normalized spacial score (nSPS) is 14.5. The molecule has 1 heteroatoms. The van der Waals surface area contributed by atoms with Gasteiger partial charge in [-0.25, -0.2) is 0 Å². The Balaban J connectivity index is 2.41. The molecule has 14 heavy (non-hydrogen) atoms. The van der Waals surface area contributed by atoms with Crippen LogP contribution in [0.2, 0.25) is 0 Å². The van der Waals surface area contributed by atoms with Crippen LogP contribution in [-0.2, 0) is 6.42 Å². The number of anilines is 1. The number of aryl methyl sites for hydroxylation is 1. The molecule has 0 aliphatic carbocycles. The van der Waals surface area contributed by atoms with E-state index in [1.54, 1.807) is 0 Å². The molecule has 1 nitrogen and oxygen atoms in total. The van der Waals surface area contributed by atoms with Gasteiger partial charge in [-0.05, 0) is 43.0 Å². The zero-order chi connectivity index (χ0) is 10.1. The van der Waals surface area contributed by atoms with Crippen molar-refractivity contribution in [1.82, 2.24) is 0 Å². The van der Waals surface area contributed by atoms with Crippen molar-refractivity contribution in [3.05, 3.63) is 48.2 Å². The molecule has 0 saturated carbocycles. The van der Waals surface area contributed by atoms with E-state index in [9.17, 15) is 0 Å². The quantitative estimate of drug-likeness (QED) is 0.705. The van der Waals surface area contributed by atoms with Crippen LogP contribution in [0.15, 0.2) is 37.1 Å². The first kappa shape index (κ1) is 9.07. The van der Waals surface area contributed by atoms with Crippen LogP contribution in [0.3, 0.4) is 0 Å². The van der Waals surface area contributed by atoms with Crippen LogP contribution in [0.25, 0.3) is 5.57 Å². The molecule has 1 aliphatic rings. The number of hydrogen-bond acceptors (Lipinski definition) is 1. The van der Waals surface area contributed by atoms with Crippen LogP contribution < -0.4 is 5.32 Å².